The molecule has 47 heavy (non-hydrogen) atoms. The average Bonchev–Trinajstić information content (AvgIpc) is 3.35. The van der Waals surface area contributed by atoms with Gasteiger partial charge in [-0.25, -0.2) is 39.7 Å². The Kier molecular flexibility index (Phi) is 7.45. The molecular weight excluding hydrogens is 702 g/mol. The topological polar surface area (TPSA) is 78.1 Å². The molecule has 0 spiro atoms. The Hall–Kier alpha value is -4.69. The first kappa shape index (κ1) is 33.7. The first-order valence-corrected chi connectivity index (χ1v) is 12.8. The minimum absolute atomic E-state index is 0.213. The van der Waals surface area contributed by atoms with Gasteiger partial charge in [0.1, 0.15) is 5.69 Å². The molecule has 0 aliphatic carbocycles. The van der Waals surface area contributed by atoms with Gasteiger partial charge in [-0.1, -0.05) is 11.8 Å². The second-order valence-electron chi connectivity index (χ2n) is 9.61. The molecule has 2 aromatic heterocycles. The lowest BCUT2D eigenvalue weighted by Gasteiger charge is -2.13. The molecule has 0 saturated heterocycles. The van der Waals surface area contributed by atoms with Crippen LogP contribution >= 0.6 is 11.8 Å². The van der Waals surface area contributed by atoms with E-state index in [1.807, 2.05) is 0 Å². The van der Waals surface area contributed by atoms with E-state index in [1.54, 1.807) is 0 Å². The van der Waals surface area contributed by atoms with Crippen LogP contribution in [0.2, 0.25) is 0 Å². The minimum atomic E-state index is -6.04. The number of benzene rings is 3. The Morgan fingerprint density at radius 3 is 1.11 bits per heavy atom. The summed E-state index contributed by atoms with van der Waals surface area (Å²) in [6, 6.07) is 0. The third-order valence-corrected chi connectivity index (χ3v) is 8.13. The Balaban J connectivity index is 1.96. The van der Waals surface area contributed by atoms with Gasteiger partial charge in [-0.2, -0.15) is 26.3 Å². The molecule has 0 unspecified atom stereocenters. The molecule has 5 aromatic rings. The van der Waals surface area contributed by atoms with Gasteiger partial charge < -0.3 is 0 Å². The number of rotatable bonds is 3. The number of halogens is 14. The first-order chi connectivity index (χ1) is 21.5. The fraction of sp³-hybridized carbons (Fsp3) is 0.154. The summed E-state index contributed by atoms with van der Waals surface area (Å²) in [6.07, 6.45) is -12.1. The molecule has 2 heterocycles. The molecule has 0 fully saturated rings. The van der Waals surface area contributed by atoms with Gasteiger partial charge in [-0.15, -0.1) is 0 Å². The molecule has 0 N–H and O–H groups in total. The zero-order chi connectivity index (χ0) is 35.6. The lowest BCUT2D eigenvalue weighted by atomic mass is 9.96. The van der Waals surface area contributed by atoms with Gasteiger partial charge in [0.05, 0.1) is 42.5 Å². The average molecular weight is 708 g/mol. The second-order valence-corrected chi connectivity index (χ2v) is 10.6. The van der Waals surface area contributed by atoms with Crippen molar-refractivity contribution in [2.75, 3.05) is 0 Å². The largest absolute Gasteiger partial charge is 0.418 e. The minimum Gasteiger partial charge on any atom is -0.277 e. The van der Waals surface area contributed by atoms with Crippen molar-refractivity contribution in [2.45, 2.75) is 29.1 Å². The molecule has 0 atom stereocenters. The summed E-state index contributed by atoms with van der Waals surface area (Å²) in [7, 11) is 0.457. The van der Waals surface area contributed by atoms with Crippen LogP contribution in [0.3, 0.4) is 0 Å². The van der Waals surface area contributed by atoms with Gasteiger partial charge in [0.15, 0.2) is 46.5 Å². The highest BCUT2D eigenvalue weighted by Gasteiger charge is 2.47. The van der Waals surface area contributed by atoms with Crippen LogP contribution in [0.4, 0.5) is 61.5 Å². The number of aromatic nitrogens is 2. The molecule has 0 aliphatic rings. The summed E-state index contributed by atoms with van der Waals surface area (Å²) < 4.78 is 201. The molecular formula is C26H6F14N2O4S. The van der Waals surface area contributed by atoms with Crippen LogP contribution in [0, 0.1) is 53.5 Å². The van der Waals surface area contributed by atoms with Gasteiger partial charge >= 0.3 is 12.4 Å². The number of nitrogens with zero attached hydrogens (tertiary/aromatic N) is 2. The Bertz CT molecular complexity index is 2300. The van der Waals surface area contributed by atoms with Crippen LogP contribution in [0.1, 0.15) is 16.7 Å². The second kappa shape index (κ2) is 10.4. The molecule has 248 valence electrons. The predicted molar refractivity (Wildman–Crippen MR) is 132 cm³/mol. The molecule has 21 heteroatoms. The monoisotopic (exact) mass is 708 g/mol. The van der Waals surface area contributed by atoms with Crippen molar-refractivity contribution < 1.29 is 61.5 Å². The molecule has 5 rings (SSSR count). The number of alkyl halides is 6. The molecule has 0 aliphatic heterocycles. The molecule has 0 amide bonds. The molecule has 6 nitrogen and oxygen atoms in total. The van der Waals surface area contributed by atoms with Crippen LogP contribution in [-0.2, 0) is 19.4 Å². The zero-order valence-electron chi connectivity index (χ0n) is 22.2. The van der Waals surface area contributed by atoms with E-state index >= 15 is 17.6 Å². The van der Waals surface area contributed by atoms with Gasteiger partial charge in [-0.05, 0) is 6.92 Å². The van der Waals surface area contributed by atoms with Crippen LogP contribution < -0.4 is 22.2 Å². The highest BCUT2D eigenvalue weighted by molar-refractivity contribution is 7.99. The van der Waals surface area contributed by atoms with Crippen LogP contribution in [0.25, 0.3) is 27.2 Å². The number of hydrogen-bond donors (Lipinski definition) is 0. The maximum Gasteiger partial charge on any atom is 0.418 e. The van der Waals surface area contributed by atoms with Crippen molar-refractivity contribution in [3.8, 4) is 5.69 Å². The maximum atomic E-state index is 15.3. The van der Waals surface area contributed by atoms with E-state index in [4.69, 9.17) is 0 Å². The van der Waals surface area contributed by atoms with Gasteiger partial charge in [0.2, 0.25) is 0 Å². The number of hydrogen-bond acceptors (Lipinski definition) is 5. The van der Waals surface area contributed by atoms with E-state index in [-0.39, 0.29) is 4.57 Å². The van der Waals surface area contributed by atoms with E-state index in [0.29, 0.717) is 14.0 Å². The Morgan fingerprint density at radius 2 is 0.787 bits per heavy atom. The standard InChI is InChI=1S/C26H6F14N2O4S/c1-3-10(27)14(31)19(15(32)11(3)28)47-20-16(33)12(29)18(13(30)17(20)34)42-23(45)6-7(24(42)46)9(26(38,39)40)5-4(8(6)25(35,36)37)21(43)41(2)22(5)44/h1-2H3. The number of fused-ring (bicyclic) bond motifs is 2. The van der Waals surface area contributed by atoms with E-state index in [0.717, 1.165) is 0 Å². The smallest absolute Gasteiger partial charge is 0.277 e. The SMILES string of the molecule is Cc1c(F)c(F)c(Sc2c(F)c(F)c(-n3c(=O)c4c(C(F)(F)F)c5c(=O)n(C)c(=O)c5c(C(F)(F)F)c4c3=O)c(F)c2F)c(F)c1F. The lowest BCUT2D eigenvalue weighted by molar-refractivity contribution is -0.137. The summed E-state index contributed by atoms with van der Waals surface area (Å²) in [4.78, 5) is 47.3. The molecule has 0 saturated carbocycles. The van der Waals surface area contributed by atoms with Gasteiger partial charge in [0, 0.05) is 12.6 Å². The van der Waals surface area contributed by atoms with E-state index in [2.05, 4.69) is 0 Å². The highest BCUT2D eigenvalue weighted by atomic mass is 32.2. The first-order valence-electron chi connectivity index (χ1n) is 11.9. The van der Waals surface area contributed by atoms with Crippen molar-refractivity contribution in [2.24, 2.45) is 7.05 Å². The molecule has 0 radical (unpaired) electrons. The fourth-order valence-electron chi connectivity index (χ4n) is 4.92. The lowest BCUT2D eigenvalue weighted by Crippen LogP contribution is -2.28. The quantitative estimate of drug-likeness (QED) is 0.169. The summed E-state index contributed by atoms with van der Waals surface area (Å²) in [5, 5.41) is -8.85. The van der Waals surface area contributed by atoms with Crippen LogP contribution in [0.15, 0.2) is 29.0 Å². The van der Waals surface area contributed by atoms with E-state index in [9.17, 15) is 63.1 Å². The summed E-state index contributed by atoms with van der Waals surface area (Å²) in [5.41, 5.74) is -18.6. The highest BCUT2D eigenvalue weighted by Crippen LogP contribution is 2.45. The van der Waals surface area contributed by atoms with E-state index in [1.165, 1.54) is 0 Å². The van der Waals surface area contributed by atoms with Crippen molar-refractivity contribution in [3.05, 3.63) is 105 Å². The van der Waals surface area contributed by atoms with E-state index < -0.39 is 151 Å². The third kappa shape index (κ3) is 4.48. The zero-order valence-corrected chi connectivity index (χ0v) is 23.0. The fourth-order valence-corrected chi connectivity index (χ4v) is 5.84. The van der Waals surface area contributed by atoms with Crippen molar-refractivity contribution in [3.63, 3.8) is 0 Å². The maximum absolute atomic E-state index is 15.3. The normalized spacial score (nSPS) is 12.7. The van der Waals surface area contributed by atoms with Crippen LogP contribution in [0.5, 0.6) is 0 Å². The summed E-state index contributed by atoms with van der Waals surface area (Å²) in [6.45, 7) is 0.537. The summed E-state index contributed by atoms with van der Waals surface area (Å²) in [5.74, 6) is -20.2. The molecule has 3 aromatic carbocycles. The Labute approximate surface area is 250 Å². The van der Waals surface area contributed by atoms with Crippen molar-refractivity contribution >= 4 is 33.3 Å². The van der Waals surface area contributed by atoms with Gasteiger partial charge in [0.25, 0.3) is 22.2 Å². The Morgan fingerprint density at radius 1 is 0.489 bits per heavy atom. The van der Waals surface area contributed by atoms with Crippen LogP contribution in [-0.4, -0.2) is 9.13 Å². The predicted octanol–water partition coefficient (Wildman–Crippen LogP) is 6.05. The van der Waals surface area contributed by atoms with Crippen molar-refractivity contribution in [1.82, 2.24) is 9.13 Å². The third-order valence-electron chi connectivity index (χ3n) is 7.01. The molecule has 0 bridgehead atoms. The summed E-state index contributed by atoms with van der Waals surface area (Å²) >= 11 is -0.999. The van der Waals surface area contributed by atoms with Crippen molar-refractivity contribution in [1.29, 1.82) is 0 Å². The van der Waals surface area contributed by atoms with Gasteiger partial charge in [-0.3, -0.25) is 23.7 Å².